The maximum Gasteiger partial charge on any atom is 0.315 e. The van der Waals surface area contributed by atoms with Crippen molar-refractivity contribution in [3.05, 3.63) is 0 Å². The summed E-state index contributed by atoms with van der Waals surface area (Å²) in [6.45, 7) is 8.02. The molecule has 4 N–H and O–H groups in total. The Balaban J connectivity index is 4.12. The molecule has 2 unspecified atom stereocenters. The van der Waals surface area contributed by atoms with Gasteiger partial charge in [-0.05, 0) is 19.3 Å². The minimum Gasteiger partial charge on any atom is -0.481 e. The lowest BCUT2D eigenvalue weighted by atomic mass is 10.0. The average Bonchev–Trinajstić information content (AvgIpc) is 2.40. The van der Waals surface area contributed by atoms with Crippen LogP contribution in [0.1, 0.15) is 40.5 Å². The number of rotatable bonds is 9. The minimum atomic E-state index is -0.931. The summed E-state index contributed by atoms with van der Waals surface area (Å²) in [5, 5.41) is 16.7. The van der Waals surface area contributed by atoms with Crippen LogP contribution in [0.4, 0.5) is 4.79 Å². The molecule has 21 heavy (non-hydrogen) atoms. The fourth-order valence-electron chi connectivity index (χ4n) is 1.65. The molecular formula is C14H27N3O4. The van der Waals surface area contributed by atoms with Crippen LogP contribution in [0.15, 0.2) is 0 Å². The molecule has 0 radical (unpaired) electrons. The van der Waals surface area contributed by atoms with Crippen LogP contribution < -0.4 is 16.0 Å². The number of carbonyl (C=O) groups excluding carboxylic acids is 2. The van der Waals surface area contributed by atoms with E-state index < -0.39 is 24.0 Å². The lowest BCUT2D eigenvalue weighted by molar-refractivity contribution is -0.141. The van der Waals surface area contributed by atoms with E-state index in [-0.39, 0.29) is 12.5 Å². The zero-order valence-corrected chi connectivity index (χ0v) is 13.2. The largest absolute Gasteiger partial charge is 0.481 e. The summed E-state index contributed by atoms with van der Waals surface area (Å²) in [7, 11) is 0. The Bertz CT molecular complexity index is 358. The zero-order valence-electron chi connectivity index (χ0n) is 13.2. The van der Waals surface area contributed by atoms with Crippen LogP contribution in [0.5, 0.6) is 0 Å². The zero-order chi connectivity index (χ0) is 16.4. The predicted molar refractivity (Wildman–Crippen MR) is 79.9 cm³/mol. The van der Waals surface area contributed by atoms with E-state index in [2.05, 4.69) is 16.0 Å². The number of hydrogen-bond acceptors (Lipinski definition) is 3. The molecule has 7 nitrogen and oxygen atoms in total. The van der Waals surface area contributed by atoms with Crippen LogP contribution in [0.3, 0.4) is 0 Å². The maximum absolute atomic E-state index is 11.7. The molecule has 7 heteroatoms. The second kappa shape index (κ2) is 10.0. The number of nitrogens with one attached hydrogen (secondary N) is 3. The first-order chi connectivity index (χ1) is 9.77. The van der Waals surface area contributed by atoms with Gasteiger partial charge in [0.25, 0.3) is 0 Å². The van der Waals surface area contributed by atoms with E-state index in [1.165, 1.54) is 0 Å². The number of carboxylic acid groups (broad SMARTS) is 1. The fraction of sp³-hybridized carbons (Fsp3) is 0.786. The lowest BCUT2D eigenvalue weighted by Gasteiger charge is -2.17. The van der Waals surface area contributed by atoms with Crippen molar-refractivity contribution in [1.82, 2.24) is 16.0 Å². The summed E-state index contributed by atoms with van der Waals surface area (Å²) in [6.07, 6.45) is 1.23. The second-order valence-electron chi connectivity index (χ2n) is 5.54. The van der Waals surface area contributed by atoms with E-state index >= 15 is 0 Å². The molecule has 0 aliphatic carbocycles. The third kappa shape index (κ3) is 8.88. The molecule has 0 saturated heterocycles. The van der Waals surface area contributed by atoms with Gasteiger partial charge in [-0.25, -0.2) is 4.79 Å². The van der Waals surface area contributed by atoms with Crippen molar-refractivity contribution in [2.45, 2.75) is 46.6 Å². The van der Waals surface area contributed by atoms with Crippen molar-refractivity contribution in [2.24, 2.45) is 11.8 Å². The molecular weight excluding hydrogens is 274 g/mol. The van der Waals surface area contributed by atoms with Crippen LogP contribution in [0.2, 0.25) is 0 Å². The first-order valence-electron chi connectivity index (χ1n) is 7.32. The molecule has 0 aromatic carbocycles. The highest BCUT2D eigenvalue weighted by Crippen LogP contribution is 2.04. The first-order valence-corrected chi connectivity index (χ1v) is 7.32. The highest BCUT2D eigenvalue weighted by Gasteiger charge is 2.19. The van der Waals surface area contributed by atoms with Gasteiger partial charge in [0.1, 0.15) is 6.04 Å². The minimum absolute atomic E-state index is 0.0509. The van der Waals surface area contributed by atoms with Crippen LogP contribution in [-0.2, 0) is 9.59 Å². The molecule has 0 aromatic heterocycles. The van der Waals surface area contributed by atoms with Gasteiger partial charge in [0.2, 0.25) is 5.91 Å². The molecule has 0 aliphatic rings. The third-order valence-electron chi connectivity index (χ3n) is 2.92. The quantitative estimate of drug-likeness (QED) is 0.508. The van der Waals surface area contributed by atoms with Gasteiger partial charge in [-0.15, -0.1) is 0 Å². The molecule has 122 valence electrons. The Morgan fingerprint density at radius 2 is 1.67 bits per heavy atom. The fourth-order valence-corrected chi connectivity index (χ4v) is 1.65. The Hall–Kier alpha value is -1.79. The van der Waals surface area contributed by atoms with Crippen LogP contribution in [0, 0.1) is 11.8 Å². The summed E-state index contributed by atoms with van der Waals surface area (Å²) in [6, 6.07) is -1.21. The number of urea groups is 1. The van der Waals surface area contributed by atoms with Gasteiger partial charge in [-0.2, -0.15) is 0 Å². The topological polar surface area (TPSA) is 108 Å². The predicted octanol–water partition coefficient (Wildman–Crippen LogP) is 0.947. The standard InChI is InChI=1S/C14H27N3O4/c1-5-6-11(13(19)20)8-16-14(21)17-10(4)12(18)15-7-9(2)3/h9-11H,5-8H2,1-4H3,(H,15,18)(H,19,20)(H2,16,17,21). The van der Waals surface area contributed by atoms with Crippen LogP contribution in [-0.4, -0.2) is 42.1 Å². The number of carboxylic acids is 1. The van der Waals surface area contributed by atoms with E-state index in [9.17, 15) is 14.4 Å². The number of carbonyl (C=O) groups is 3. The number of hydrogen-bond donors (Lipinski definition) is 4. The highest BCUT2D eigenvalue weighted by atomic mass is 16.4. The summed E-state index contributed by atoms with van der Waals surface area (Å²) in [5.41, 5.74) is 0. The van der Waals surface area contributed by atoms with Gasteiger partial charge in [0.05, 0.1) is 5.92 Å². The molecule has 3 amide bonds. The summed E-state index contributed by atoms with van der Waals surface area (Å²) < 4.78 is 0. The molecule has 0 bridgehead atoms. The number of aliphatic carboxylic acids is 1. The van der Waals surface area contributed by atoms with Crippen molar-refractivity contribution in [2.75, 3.05) is 13.1 Å². The summed E-state index contributed by atoms with van der Waals surface area (Å²) >= 11 is 0. The Morgan fingerprint density at radius 3 is 2.14 bits per heavy atom. The van der Waals surface area contributed by atoms with E-state index in [0.717, 1.165) is 6.42 Å². The normalized spacial score (nSPS) is 13.4. The van der Waals surface area contributed by atoms with E-state index in [0.29, 0.717) is 18.9 Å². The monoisotopic (exact) mass is 301 g/mol. The third-order valence-corrected chi connectivity index (χ3v) is 2.92. The van der Waals surface area contributed by atoms with E-state index in [4.69, 9.17) is 5.11 Å². The van der Waals surface area contributed by atoms with Gasteiger partial charge >= 0.3 is 12.0 Å². The molecule has 2 atom stereocenters. The molecule has 0 rings (SSSR count). The van der Waals surface area contributed by atoms with Crippen molar-refractivity contribution in [3.63, 3.8) is 0 Å². The van der Waals surface area contributed by atoms with Gasteiger partial charge in [-0.1, -0.05) is 27.2 Å². The van der Waals surface area contributed by atoms with Crippen molar-refractivity contribution in [1.29, 1.82) is 0 Å². The van der Waals surface area contributed by atoms with E-state index in [1.807, 2.05) is 20.8 Å². The molecule has 0 aromatic rings. The first kappa shape index (κ1) is 19.2. The number of amides is 3. The van der Waals surface area contributed by atoms with Gasteiger partial charge < -0.3 is 21.1 Å². The van der Waals surface area contributed by atoms with Crippen LogP contribution in [0.25, 0.3) is 0 Å². The van der Waals surface area contributed by atoms with Gasteiger partial charge in [0, 0.05) is 13.1 Å². The highest BCUT2D eigenvalue weighted by molar-refractivity contribution is 5.86. The molecule has 0 aliphatic heterocycles. The van der Waals surface area contributed by atoms with Crippen molar-refractivity contribution < 1.29 is 19.5 Å². The summed E-state index contributed by atoms with van der Waals surface area (Å²) in [4.78, 5) is 34.3. The molecule has 0 saturated carbocycles. The van der Waals surface area contributed by atoms with Gasteiger partial charge in [0.15, 0.2) is 0 Å². The van der Waals surface area contributed by atoms with Crippen LogP contribution >= 0.6 is 0 Å². The SMILES string of the molecule is CCCC(CNC(=O)NC(C)C(=O)NCC(C)C)C(=O)O. The van der Waals surface area contributed by atoms with Crippen molar-refractivity contribution in [3.8, 4) is 0 Å². The molecule has 0 spiro atoms. The maximum atomic E-state index is 11.7. The second-order valence-corrected chi connectivity index (χ2v) is 5.54. The lowest BCUT2D eigenvalue weighted by Crippen LogP contribution is -2.50. The van der Waals surface area contributed by atoms with E-state index in [1.54, 1.807) is 6.92 Å². The smallest absolute Gasteiger partial charge is 0.315 e. The van der Waals surface area contributed by atoms with Gasteiger partial charge in [-0.3, -0.25) is 9.59 Å². The Kier molecular flexibility index (Phi) is 9.16. The molecule has 0 fully saturated rings. The van der Waals surface area contributed by atoms with Crippen molar-refractivity contribution >= 4 is 17.9 Å². The molecule has 0 heterocycles. The average molecular weight is 301 g/mol. The summed E-state index contributed by atoms with van der Waals surface area (Å²) in [5.74, 6) is -1.46. The Labute approximate surface area is 125 Å². The Morgan fingerprint density at radius 1 is 1.05 bits per heavy atom.